The first-order chi connectivity index (χ1) is 10.2. The largest absolute Gasteiger partial charge is 0.490 e. The molecule has 1 rings (SSSR count). The van der Waals surface area contributed by atoms with Crippen LogP contribution >= 0.6 is 0 Å². The van der Waals surface area contributed by atoms with Crippen LogP contribution in [0, 0.1) is 12.3 Å². The van der Waals surface area contributed by atoms with Crippen molar-refractivity contribution in [3.63, 3.8) is 0 Å². The molecule has 1 aromatic rings. The molecule has 0 amide bonds. The summed E-state index contributed by atoms with van der Waals surface area (Å²) in [7, 11) is 1.61. The summed E-state index contributed by atoms with van der Waals surface area (Å²) in [5, 5.41) is 0. The minimum Gasteiger partial charge on any atom is -0.490 e. The molecule has 0 saturated carbocycles. The molecule has 0 atom stereocenters. The molecule has 1 aromatic carbocycles. The monoisotopic (exact) mass is 292 g/mol. The lowest BCUT2D eigenvalue weighted by molar-refractivity contribution is 0.0493. The number of methoxy groups -OCH3 is 1. The van der Waals surface area contributed by atoms with Gasteiger partial charge in [0.2, 0.25) is 0 Å². The molecular formula is C16H20O5. The molecule has 0 heterocycles. The summed E-state index contributed by atoms with van der Waals surface area (Å²) >= 11 is 0. The van der Waals surface area contributed by atoms with Gasteiger partial charge in [-0.1, -0.05) is 5.92 Å². The van der Waals surface area contributed by atoms with Crippen LogP contribution in [-0.4, -0.2) is 46.1 Å². The second kappa shape index (κ2) is 9.81. The summed E-state index contributed by atoms with van der Waals surface area (Å²) in [6, 6.07) is 4.92. The fraction of sp³-hybridized carbons (Fsp3) is 0.438. The Labute approximate surface area is 125 Å². The van der Waals surface area contributed by atoms with Gasteiger partial charge in [0.25, 0.3) is 0 Å². The molecule has 0 N–H and O–H groups in total. The average Bonchev–Trinajstić information content (AvgIpc) is 2.50. The number of benzene rings is 1. The molecule has 0 aromatic heterocycles. The highest BCUT2D eigenvalue weighted by atomic mass is 16.5. The zero-order valence-electron chi connectivity index (χ0n) is 12.4. The number of esters is 1. The van der Waals surface area contributed by atoms with Crippen molar-refractivity contribution in [2.75, 3.05) is 40.1 Å². The fourth-order valence-corrected chi connectivity index (χ4v) is 1.56. The minimum absolute atomic E-state index is 0.301. The van der Waals surface area contributed by atoms with E-state index in [1.165, 1.54) is 0 Å². The molecule has 5 heteroatoms. The van der Waals surface area contributed by atoms with Crippen molar-refractivity contribution in [3.05, 3.63) is 29.3 Å². The third-order valence-corrected chi connectivity index (χ3v) is 2.56. The molecule has 0 saturated heterocycles. The van der Waals surface area contributed by atoms with Crippen molar-refractivity contribution in [3.8, 4) is 18.1 Å². The smallest absolute Gasteiger partial charge is 0.341 e. The van der Waals surface area contributed by atoms with E-state index in [0.29, 0.717) is 49.9 Å². The molecule has 0 aliphatic rings. The van der Waals surface area contributed by atoms with E-state index in [1.807, 2.05) is 0 Å². The van der Waals surface area contributed by atoms with Gasteiger partial charge in [0.1, 0.15) is 17.9 Å². The number of carbonyl (C=O) groups is 1. The van der Waals surface area contributed by atoms with Gasteiger partial charge in [0.15, 0.2) is 0 Å². The zero-order chi connectivity index (χ0) is 15.5. The fourth-order valence-electron chi connectivity index (χ4n) is 1.56. The number of hydrogen-bond donors (Lipinski definition) is 0. The lowest BCUT2D eigenvalue weighted by Gasteiger charge is -2.11. The van der Waals surface area contributed by atoms with Gasteiger partial charge in [-0.25, -0.2) is 4.79 Å². The van der Waals surface area contributed by atoms with E-state index in [9.17, 15) is 4.79 Å². The Bertz CT molecular complexity index is 490. The third-order valence-electron chi connectivity index (χ3n) is 2.56. The Kier molecular flexibility index (Phi) is 7.95. The van der Waals surface area contributed by atoms with Crippen molar-refractivity contribution in [2.24, 2.45) is 0 Å². The Morgan fingerprint density at radius 3 is 2.67 bits per heavy atom. The van der Waals surface area contributed by atoms with Crippen LogP contribution in [0.2, 0.25) is 0 Å². The lowest BCUT2D eigenvalue weighted by atomic mass is 10.1. The number of rotatable bonds is 9. The van der Waals surface area contributed by atoms with E-state index < -0.39 is 5.97 Å². The minimum atomic E-state index is -0.434. The Morgan fingerprint density at radius 1 is 1.24 bits per heavy atom. The molecule has 0 radical (unpaired) electrons. The van der Waals surface area contributed by atoms with E-state index in [1.54, 1.807) is 32.2 Å². The SMILES string of the molecule is C#Cc1ccc(C(=O)OCC)c(OCCOCCOC)c1. The van der Waals surface area contributed by atoms with Crippen molar-refractivity contribution >= 4 is 5.97 Å². The van der Waals surface area contributed by atoms with Crippen LogP contribution in [0.1, 0.15) is 22.8 Å². The van der Waals surface area contributed by atoms with E-state index in [-0.39, 0.29) is 0 Å². The van der Waals surface area contributed by atoms with Gasteiger partial charge < -0.3 is 18.9 Å². The molecule has 114 valence electrons. The summed E-state index contributed by atoms with van der Waals surface area (Å²) in [5.74, 6) is 2.47. The maximum atomic E-state index is 11.8. The van der Waals surface area contributed by atoms with Crippen molar-refractivity contribution in [1.82, 2.24) is 0 Å². The topological polar surface area (TPSA) is 54.0 Å². The lowest BCUT2D eigenvalue weighted by Crippen LogP contribution is -2.13. The maximum Gasteiger partial charge on any atom is 0.341 e. The highest BCUT2D eigenvalue weighted by molar-refractivity contribution is 5.92. The van der Waals surface area contributed by atoms with Crippen molar-refractivity contribution in [1.29, 1.82) is 0 Å². The van der Waals surface area contributed by atoms with Crippen LogP contribution in [0.5, 0.6) is 5.75 Å². The van der Waals surface area contributed by atoms with Gasteiger partial charge >= 0.3 is 5.97 Å². The third kappa shape index (κ3) is 5.86. The summed E-state index contributed by atoms with van der Waals surface area (Å²) < 4.78 is 20.7. The van der Waals surface area contributed by atoms with Crippen LogP contribution in [0.4, 0.5) is 0 Å². The molecule has 0 unspecified atom stereocenters. The molecule has 0 bridgehead atoms. The Balaban J connectivity index is 2.64. The summed E-state index contributed by atoms with van der Waals surface area (Å²) in [4.78, 5) is 11.8. The number of carbonyl (C=O) groups excluding carboxylic acids is 1. The molecule has 0 fully saturated rings. The average molecular weight is 292 g/mol. The molecule has 21 heavy (non-hydrogen) atoms. The van der Waals surface area contributed by atoms with Crippen LogP contribution in [0.25, 0.3) is 0 Å². The summed E-state index contributed by atoms with van der Waals surface area (Å²) in [6.07, 6.45) is 5.35. The summed E-state index contributed by atoms with van der Waals surface area (Å²) in [5.41, 5.74) is 0.992. The first-order valence-electron chi connectivity index (χ1n) is 6.70. The number of terminal acetylenes is 1. The van der Waals surface area contributed by atoms with Crippen LogP contribution in [0.15, 0.2) is 18.2 Å². The summed E-state index contributed by atoms with van der Waals surface area (Å²) in [6.45, 7) is 3.78. The first-order valence-corrected chi connectivity index (χ1v) is 6.70. The first kappa shape index (κ1) is 17.0. The van der Waals surface area contributed by atoms with Crippen molar-refractivity contribution in [2.45, 2.75) is 6.92 Å². The Hall–Kier alpha value is -2.03. The van der Waals surface area contributed by atoms with Gasteiger partial charge in [0.05, 0.1) is 26.4 Å². The highest BCUT2D eigenvalue weighted by Crippen LogP contribution is 2.21. The molecule has 0 aliphatic carbocycles. The zero-order valence-corrected chi connectivity index (χ0v) is 12.4. The number of ether oxygens (including phenoxy) is 4. The van der Waals surface area contributed by atoms with Gasteiger partial charge in [-0.2, -0.15) is 0 Å². The Morgan fingerprint density at radius 2 is 2.00 bits per heavy atom. The predicted octanol–water partition coefficient (Wildman–Crippen LogP) is 1.89. The van der Waals surface area contributed by atoms with Crippen LogP contribution in [0.3, 0.4) is 0 Å². The van der Waals surface area contributed by atoms with E-state index in [0.717, 1.165) is 0 Å². The second-order valence-electron chi connectivity index (χ2n) is 4.03. The van der Waals surface area contributed by atoms with E-state index >= 15 is 0 Å². The maximum absolute atomic E-state index is 11.8. The molecule has 0 aliphatic heterocycles. The predicted molar refractivity (Wildman–Crippen MR) is 78.5 cm³/mol. The van der Waals surface area contributed by atoms with Gasteiger partial charge in [-0.05, 0) is 25.1 Å². The molecular weight excluding hydrogens is 272 g/mol. The molecule has 5 nitrogen and oxygen atoms in total. The standard InChI is InChI=1S/C16H20O5/c1-4-13-6-7-14(16(17)20-5-2)15(12-13)21-11-10-19-9-8-18-3/h1,6-7,12H,5,8-11H2,2-3H3. The second-order valence-corrected chi connectivity index (χ2v) is 4.03. The molecule has 0 spiro atoms. The van der Waals surface area contributed by atoms with E-state index in [2.05, 4.69) is 5.92 Å². The van der Waals surface area contributed by atoms with Gasteiger partial charge in [-0.15, -0.1) is 6.42 Å². The normalized spacial score (nSPS) is 9.95. The van der Waals surface area contributed by atoms with Crippen molar-refractivity contribution < 1.29 is 23.7 Å². The van der Waals surface area contributed by atoms with Gasteiger partial charge in [-0.3, -0.25) is 0 Å². The quantitative estimate of drug-likeness (QED) is 0.395. The number of hydrogen-bond acceptors (Lipinski definition) is 5. The van der Waals surface area contributed by atoms with Crippen LogP contribution in [-0.2, 0) is 14.2 Å². The van der Waals surface area contributed by atoms with Gasteiger partial charge in [0, 0.05) is 12.7 Å². The highest BCUT2D eigenvalue weighted by Gasteiger charge is 2.14. The van der Waals surface area contributed by atoms with Crippen LogP contribution < -0.4 is 4.74 Å². The van der Waals surface area contributed by atoms with E-state index in [4.69, 9.17) is 25.4 Å².